The van der Waals surface area contributed by atoms with Crippen LogP contribution in [0.5, 0.6) is 0 Å². The zero-order valence-corrected chi connectivity index (χ0v) is 29.8. The minimum atomic E-state index is -0.558. The Hall–Kier alpha value is -5.84. The zero-order chi connectivity index (χ0) is 36.8. The Labute approximate surface area is 299 Å². The Kier molecular flexibility index (Phi) is 13.6. The molecule has 0 bridgehead atoms. The molecule has 0 atom stereocenters. The normalized spacial score (nSPS) is 12.5. The minimum absolute atomic E-state index is 0.137. The van der Waals surface area contributed by atoms with E-state index in [-0.39, 0.29) is 18.1 Å². The van der Waals surface area contributed by atoms with Gasteiger partial charge in [-0.25, -0.2) is 19.2 Å². The lowest BCUT2D eigenvalue weighted by Gasteiger charge is -2.38. The lowest BCUT2D eigenvalue weighted by molar-refractivity contribution is 0.0171. The second-order valence-corrected chi connectivity index (χ2v) is 12.8. The van der Waals surface area contributed by atoms with E-state index < -0.39 is 11.6 Å². The Bertz CT molecular complexity index is 1720. The van der Waals surface area contributed by atoms with Crippen molar-refractivity contribution in [2.45, 2.75) is 39.5 Å². The maximum atomic E-state index is 13.5. The van der Waals surface area contributed by atoms with Gasteiger partial charge >= 0.3 is 24.1 Å². The number of nitrogens with zero attached hydrogens (tertiary/aromatic N) is 3. The molecule has 11 heteroatoms. The first-order chi connectivity index (χ1) is 24.5. The van der Waals surface area contributed by atoms with Crippen molar-refractivity contribution < 1.29 is 33.4 Å². The number of piperazine rings is 1. The molecule has 1 saturated heterocycles. The van der Waals surface area contributed by atoms with Crippen LogP contribution >= 0.6 is 0 Å². The van der Waals surface area contributed by atoms with E-state index in [1.54, 1.807) is 39.0 Å². The van der Waals surface area contributed by atoms with Crippen LogP contribution in [0.1, 0.15) is 52.6 Å². The number of nitrogens with one attached hydrogen (secondary N) is 1. The molecular weight excluding hydrogens is 648 g/mol. The number of amides is 3. The predicted octanol–water partition coefficient (Wildman–Crippen LogP) is 7.24. The molecule has 0 radical (unpaired) electrons. The molecule has 1 aliphatic heterocycles. The fourth-order valence-corrected chi connectivity index (χ4v) is 5.14. The van der Waals surface area contributed by atoms with E-state index in [0.717, 1.165) is 29.0 Å². The van der Waals surface area contributed by atoms with Crippen LogP contribution < -0.4 is 10.2 Å². The van der Waals surface area contributed by atoms with E-state index in [9.17, 15) is 19.2 Å². The Balaban J connectivity index is 0.000000272. The van der Waals surface area contributed by atoms with Gasteiger partial charge in [0.1, 0.15) is 5.60 Å². The van der Waals surface area contributed by atoms with E-state index >= 15 is 0 Å². The number of ether oxygens (including phenoxy) is 3. The molecule has 11 nitrogen and oxygen atoms in total. The maximum Gasteiger partial charge on any atom is 0.410 e. The molecule has 0 spiro atoms. The summed E-state index contributed by atoms with van der Waals surface area (Å²) in [5, 5.41) is 3.31. The molecule has 0 aromatic heterocycles. The van der Waals surface area contributed by atoms with Gasteiger partial charge in [0.05, 0.1) is 31.9 Å². The second kappa shape index (κ2) is 18.2. The summed E-state index contributed by atoms with van der Waals surface area (Å²) in [4.78, 5) is 53.9. The van der Waals surface area contributed by atoms with Crippen LogP contribution in [-0.4, -0.2) is 79.9 Å². The molecule has 0 unspecified atom stereocenters. The summed E-state index contributed by atoms with van der Waals surface area (Å²) in [6, 6.07) is 33.7. The van der Waals surface area contributed by atoms with Gasteiger partial charge in [-0.2, -0.15) is 0 Å². The third-order valence-electron chi connectivity index (χ3n) is 7.86. The third kappa shape index (κ3) is 11.6. The molecule has 3 amide bonds. The van der Waals surface area contributed by atoms with Crippen molar-refractivity contribution in [3.63, 3.8) is 0 Å². The molecule has 268 valence electrons. The summed E-state index contributed by atoms with van der Waals surface area (Å²) in [5.74, 6) is -0.710. The molecule has 1 aliphatic rings. The van der Waals surface area contributed by atoms with Gasteiger partial charge in [0.25, 0.3) is 0 Å². The number of para-hydroxylation sites is 2. The largest absolute Gasteiger partial charge is 0.465 e. The number of urea groups is 1. The summed E-state index contributed by atoms with van der Waals surface area (Å²) in [5.41, 5.74) is 4.32. The number of carbonyl (C=O) groups excluding carboxylic acids is 4. The Morgan fingerprint density at radius 3 is 1.61 bits per heavy atom. The van der Waals surface area contributed by atoms with Crippen LogP contribution in [0.15, 0.2) is 109 Å². The van der Waals surface area contributed by atoms with Gasteiger partial charge in [-0.05, 0) is 80.4 Å². The van der Waals surface area contributed by atoms with E-state index in [2.05, 4.69) is 10.1 Å². The van der Waals surface area contributed by atoms with Gasteiger partial charge in [-0.15, -0.1) is 0 Å². The van der Waals surface area contributed by atoms with Crippen LogP contribution in [-0.2, 0) is 27.3 Å². The first kappa shape index (κ1) is 38.0. The summed E-state index contributed by atoms with van der Waals surface area (Å²) in [7, 11) is 2.72. The van der Waals surface area contributed by atoms with Crippen molar-refractivity contribution in [2.75, 3.05) is 50.6 Å². The number of anilines is 2. The predicted molar refractivity (Wildman–Crippen MR) is 197 cm³/mol. The Morgan fingerprint density at radius 2 is 1.12 bits per heavy atom. The topological polar surface area (TPSA) is 118 Å². The summed E-state index contributed by atoms with van der Waals surface area (Å²) < 4.78 is 14.8. The van der Waals surface area contributed by atoms with E-state index in [1.165, 1.54) is 14.2 Å². The molecule has 1 fully saturated rings. The Morgan fingerprint density at radius 1 is 0.647 bits per heavy atom. The average Bonchev–Trinajstić information content (AvgIpc) is 3.16. The molecule has 4 aromatic carbocycles. The quantitative estimate of drug-likeness (QED) is 0.152. The fourth-order valence-electron chi connectivity index (χ4n) is 5.14. The third-order valence-corrected chi connectivity index (χ3v) is 7.86. The summed E-state index contributed by atoms with van der Waals surface area (Å²) in [6.45, 7) is 8.24. The van der Waals surface area contributed by atoms with Crippen LogP contribution in [0.3, 0.4) is 0 Å². The van der Waals surface area contributed by atoms with Gasteiger partial charge in [0, 0.05) is 44.1 Å². The number of benzene rings is 4. The molecule has 0 saturated carbocycles. The van der Waals surface area contributed by atoms with Gasteiger partial charge in [0.15, 0.2) is 0 Å². The zero-order valence-electron chi connectivity index (χ0n) is 29.8. The average molecular weight is 695 g/mol. The number of methoxy groups -OCH3 is 2. The van der Waals surface area contributed by atoms with Gasteiger partial charge < -0.3 is 29.3 Å². The van der Waals surface area contributed by atoms with Crippen molar-refractivity contribution in [3.05, 3.63) is 131 Å². The number of hydrogen-bond acceptors (Lipinski definition) is 8. The molecule has 1 heterocycles. The van der Waals surface area contributed by atoms with Crippen molar-refractivity contribution >= 4 is 35.4 Å². The fraction of sp³-hybridized carbons (Fsp3) is 0.300. The first-order valence-electron chi connectivity index (χ1n) is 16.7. The molecule has 4 aromatic rings. The lowest BCUT2D eigenvalue weighted by Crippen LogP contribution is -2.54. The highest BCUT2D eigenvalue weighted by atomic mass is 16.6. The molecule has 1 N–H and O–H groups in total. The SMILES string of the molecule is COC(=O)c1ccc(CN(C(=O)N2CCN(C(=O)OC(C)(C)C)CC2)c2ccccc2)cc1.COC(=O)c1ccc(CNc2ccccc2)cc1. The first-order valence-corrected chi connectivity index (χ1v) is 16.7. The van der Waals surface area contributed by atoms with Gasteiger partial charge in [-0.3, -0.25) is 4.90 Å². The minimum Gasteiger partial charge on any atom is -0.465 e. The van der Waals surface area contributed by atoms with Crippen molar-refractivity contribution in [1.29, 1.82) is 0 Å². The molecule has 5 rings (SSSR count). The molecular formula is C40H46N4O7. The van der Waals surface area contributed by atoms with Crippen molar-refractivity contribution in [2.24, 2.45) is 0 Å². The maximum absolute atomic E-state index is 13.5. The number of carbonyl (C=O) groups is 4. The van der Waals surface area contributed by atoms with Crippen LogP contribution in [0.4, 0.5) is 21.0 Å². The van der Waals surface area contributed by atoms with Crippen LogP contribution in [0.25, 0.3) is 0 Å². The molecule has 51 heavy (non-hydrogen) atoms. The smallest absolute Gasteiger partial charge is 0.410 e. The number of rotatable bonds is 8. The van der Waals surface area contributed by atoms with Crippen molar-refractivity contribution in [1.82, 2.24) is 9.80 Å². The summed E-state index contributed by atoms with van der Waals surface area (Å²) >= 11 is 0. The van der Waals surface area contributed by atoms with Crippen molar-refractivity contribution in [3.8, 4) is 0 Å². The summed E-state index contributed by atoms with van der Waals surface area (Å²) in [6.07, 6.45) is -0.361. The van der Waals surface area contributed by atoms with E-state index in [4.69, 9.17) is 9.47 Å². The van der Waals surface area contributed by atoms with Crippen LogP contribution in [0, 0.1) is 0 Å². The van der Waals surface area contributed by atoms with E-state index in [0.29, 0.717) is 43.9 Å². The second-order valence-electron chi connectivity index (χ2n) is 12.8. The van der Waals surface area contributed by atoms with Crippen LogP contribution in [0.2, 0.25) is 0 Å². The van der Waals surface area contributed by atoms with Gasteiger partial charge in [0.2, 0.25) is 0 Å². The highest BCUT2D eigenvalue weighted by Gasteiger charge is 2.30. The van der Waals surface area contributed by atoms with E-state index in [1.807, 2.05) is 106 Å². The number of hydrogen-bond donors (Lipinski definition) is 1. The lowest BCUT2D eigenvalue weighted by atomic mass is 10.1. The van der Waals surface area contributed by atoms with Gasteiger partial charge in [-0.1, -0.05) is 60.7 Å². The number of esters is 2. The molecule has 0 aliphatic carbocycles. The highest BCUT2D eigenvalue weighted by Crippen LogP contribution is 2.21. The highest BCUT2D eigenvalue weighted by molar-refractivity contribution is 5.92. The standard InChI is InChI=1S/C25H31N3O5.C15H15NO2/c1-25(2,3)33-24(31)27-16-14-26(15-17-27)23(30)28(21-8-6-5-7-9-21)18-19-10-12-20(13-11-19)22(29)32-4;1-18-15(17)13-9-7-12(8-10-13)11-16-14-5-3-2-4-6-14/h5-13H,14-18H2,1-4H3;2-10,16H,11H2,1H3. The monoisotopic (exact) mass is 694 g/mol.